The number of ether oxygens (including phenoxy) is 1. The summed E-state index contributed by atoms with van der Waals surface area (Å²) in [7, 11) is -1.59. The van der Waals surface area contributed by atoms with Gasteiger partial charge in [0, 0.05) is 18.5 Å². The summed E-state index contributed by atoms with van der Waals surface area (Å²) in [5.74, 6) is 0.637. The van der Waals surface area contributed by atoms with Crippen LogP contribution >= 0.6 is 11.6 Å². The topological polar surface area (TPSA) is 55.4 Å². The monoisotopic (exact) mass is 325 g/mol. The molecule has 0 fully saturated rings. The maximum absolute atomic E-state index is 11.4. The molecule has 0 spiro atoms. The largest absolute Gasteiger partial charge is 0.495 e. The molecule has 2 aromatic rings. The number of sulfone groups is 1. The van der Waals surface area contributed by atoms with Crippen LogP contribution in [0.25, 0.3) is 0 Å². The van der Waals surface area contributed by atoms with Gasteiger partial charge in [-0.2, -0.15) is 0 Å². The van der Waals surface area contributed by atoms with Gasteiger partial charge < -0.3 is 10.1 Å². The van der Waals surface area contributed by atoms with Gasteiger partial charge in [0.1, 0.15) is 5.75 Å². The van der Waals surface area contributed by atoms with Crippen molar-refractivity contribution in [3.05, 3.63) is 53.1 Å². The first-order valence-electron chi connectivity index (χ1n) is 6.26. The zero-order valence-electron chi connectivity index (χ0n) is 11.8. The molecule has 0 aromatic heterocycles. The smallest absolute Gasteiger partial charge is 0.175 e. The van der Waals surface area contributed by atoms with E-state index < -0.39 is 9.84 Å². The Kier molecular flexibility index (Phi) is 4.75. The number of nitrogens with one attached hydrogen (secondary N) is 1. The van der Waals surface area contributed by atoms with Crippen molar-refractivity contribution in [2.75, 3.05) is 18.7 Å². The standard InChI is InChI=1S/C15H16ClNO3S/c1-20-15-8-3-11(9-14(15)16)10-17-12-4-6-13(7-5-12)21(2,18)19/h3-9,17H,10H2,1-2H3. The highest BCUT2D eigenvalue weighted by molar-refractivity contribution is 7.90. The first-order valence-corrected chi connectivity index (χ1v) is 8.53. The Morgan fingerprint density at radius 3 is 2.33 bits per heavy atom. The van der Waals surface area contributed by atoms with Crippen molar-refractivity contribution in [2.24, 2.45) is 0 Å². The molecule has 2 aromatic carbocycles. The van der Waals surface area contributed by atoms with Crippen LogP contribution in [-0.2, 0) is 16.4 Å². The second-order valence-electron chi connectivity index (χ2n) is 4.62. The SMILES string of the molecule is COc1ccc(CNc2ccc(S(C)(=O)=O)cc2)cc1Cl. The summed E-state index contributed by atoms with van der Waals surface area (Å²) < 4.78 is 27.8. The van der Waals surface area contributed by atoms with E-state index >= 15 is 0 Å². The van der Waals surface area contributed by atoms with Gasteiger partial charge in [-0.1, -0.05) is 17.7 Å². The first-order chi connectivity index (χ1) is 9.90. The van der Waals surface area contributed by atoms with Crippen LogP contribution in [0.1, 0.15) is 5.56 Å². The number of anilines is 1. The molecule has 112 valence electrons. The summed E-state index contributed by atoms with van der Waals surface area (Å²) in [5.41, 5.74) is 1.85. The number of halogens is 1. The molecule has 1 N–H and O–H groups in total. The third-order valence-electron chi connectivity index (χ3n) is 3.00. The quantitative estimate of drug-likeness (QED) is 0.915. The van der Waals surface area contributed by atoms with Crippen molar-refractivity contribution < 1.29 is 13.2 Å². The van der Waals surface area contributed by atoms with Gasteiger partial charge in [-0.15, -0.1) is 0 Å². The molecule has 4 nitrogen and oxygen atoms in total. The lowest BCUT2D eigenvalue weighted by Crippen LogP contribution is -2.01. The van der Waals surface area contributed by atoms with Gasteiger partial charge >= 0.3 is 0 Å². The molecule has 0 saturated carbocycles. The van der Waals surface area contributed by atoms with Gasteiger partial charge in [-0.05, 0) is 42.0 Å². The number of hydrogen-bond donors (Lipinski definition) is 1. The fourth-order valence-corrected chi connectivity index (χ4v) is 2.75. The maximum Gasteiger partial charge on any atom is 0.175 e. The molecule has 2 rings (SSSR count). The minimum Gasteiger partial charge on any atom is -0.495 e. The summed E-state index contributed by atoms with van der Waals surface area (Å²) in [5, 5.41) is 3.77. The predicted octanol–water partition coefficient (Wildman–Crippen LogP) is 3.36. The molecule has 0 amide bonds. The van der Waals surface area contributed by atoms with Gasteiger partial charge in [0.15, 0.2) is 9.84 Å². The summed E-state index contributed by atoms with van der Waals surface area (Å²) in [6.07, 6.45) is 1.19. The molecule has 0 bridgehead atoms. The number of benzene rings is 2. The normalized spacial score (nSPS) is 11.2. The summed E-state index contributed by atoms with van der Waals surface area (Å²) in [6.45, 7) is 0.585. The molecule has 0 aliphatic carbocycles. The Labute approximate surface area is 129 Å². The Balaban J connectivity index is 2.05. The highest BCUT2D eigenvalue weighted by Crippen LogP contribution is 2.25. The first kappa shape index (κ1) is 15.7. The van der Waals surface area contributed by atoms with Crippen LogP contribution in [0.2, 0.25) is 5.02 Å². The van der Waals surface area contributed by atoms with Crippen LogP contribution in [-0.4, -0.2) is 21.8 Å². The molecular weight excluding hydrogens is 310 g/mol. The van der Waals surface area contributed by atoms with Crippen LogP contribution in [0.15, 0.2) is 47.4 Å². The number of hydrogen-bond acceptors (Lipinski definition) is 4. The molecule has 0 heterocycles. The van der Waals surface area contributed by atoms with Gasteiger partial charge in [0.05, 0.1) is 17.0 Å². The van der Waals surface area contributed by atoms with Gasteiger partial charge in [-0.3, -0.25) is 0 Å². The van der Waals surface area contributed by atoms with Crippen molar-refractivity contribution in [1.82, 2.24) is 0 Å². The summed E-state index contributed by atoms with van der Waals surface area (Å²) in [6, 6.07) is 12.2. The summed E-state index contributed by atoms with van der Waals surface area (Å²) >= 11 is 6.06. The summed E-state index contributed by atoms with van der Waals surface area (Å²) in [4.78, 5) is 0.306. The average molecular weight is 326 g/mol. The van der Waals surface area contributed by atoms with E-state index in [9.17, 15) is 8.42 Å². The fraction of sp³-hybridized carbons (Fsp3) is 0.200. The van der Waals surface area contributed by atoms with Crippen LogP contribution in [0, 0.1) is 0 Å². The van der Waals surface area contributed by atoms with E-state index in [0.29, 0.717) is 22.2 Å². The van der Waals surface area contributed by atoms with E-state index in [1.165, 1.54) is 6.26 Å². The van der Waals surface area contributed by atoms with Crippen LogP contribution in [0.4, 0.5) is 5.69 Å². The Morgan fingerprint density at radius 2 is 1.81 bits per heavy atom. The fourth-order valence-electron chi connectivity index (χ4n) is 1.84. The molecule has 0 atom stereocenters. The van der Waals surface area contributed by atoms with Crippen molar-refractivity contribution in [3.8, 4) is 5.75 Å². The highest BCUT2D eigenvalue weighted by atomic mass is 35.5. The lowest BCUT2D eigenvalue weighted by atomic mass is 10.2. The van der Waals surface area contributed by atoms with Crippen LogP contribution in [0.3, 0.4) is 0 Å². The molecular formula is C15H16ClNO3S. The minimum absolute atomic E-state index is 0.306. The molecule has 21 heavy (non-hydrogen) atoms. The predicted molar refractivity (Wildman–Crippen MR) is 84.9 cm³/mol. The van der Waals surface area contributed by atoms with Crippen molar-refractivity contribution in [2.45, 2.75) is 11.4 Å². The second-order valence-corrected chi connectivity index (χ2v) is 7.04. The number of rotatable bonds is 5. The van der Waals surface area contributed by atoms with E-state index in [1.807, 2.05) is 18.2 Å². The van der Waals surface area contributed by atoms with E-state index in [0.717, 1.165) is 11.3 Å². The number of methoxy groups -OCH3 is 1. The zero-order valence-corrected chi connectivity index (χ0v) is 13.3. The van der Waals surface area contributed by atoms with Crippen molar-refractivity contribution in [3.63, 3.8) is 0 Å². The lowest BCUT2D eigenvalue weighted by molar-refractivity contribution is 0.415. The van der Waals surface area contributed by atoms with Crippen LogP contribution in [0.5, 0.6) is 5.75 Å². The molecule has 0 saturated heterocycles. The van der Waals surface area contributed by atoms with Gasteiger partial charge in [0.2, 0.25) is 0 Å². The third kappa shape index (κ3) is 4.12. The van der Waals surface area contributed by atoms with E-state index in [2.05, 4.69) is 5.32 Å². The van der Waals surface area contributed by atoms with E-state index in [-0.39, 0.29) is 0 Å². The van der Waals surface area contributed by atoms with Gasteiger partial charge in [-0.25, -0.2) is 8.42 Å². The third-order valence-corrected chi connectivity index (χ3v) is 4.42. The molecule has 0 aliphatic heterocycles. The van der Waals surface area contributed by atoms with E-state index in [1.54, 1.807) is 31.4 Å². The molecule has 0 unspecified atom stereocenters. The van der Waals surface area contributed by atoms with Crippen LogP contribution < -0.4 is 10.1 Å². The average Bonchev–Trinajstić information content (AvgIpc) is 2.45. The minimum atomic E-state index is -3.16. The van der Waals surface area contributed by atoms with E-state index in [4.69, 9.17) is 16.3 Å². The zero-order chi connectivity index (χ0) is 15.5. The Hall–Kier alpha value is -1.72. The Morgan fingerprint density at radius 1 is 1.14 bits per heavy atom. The second kappa shape index (κ2) is 6.37. The Bertz CT molecular complexity index is 727. The lowest BCUT2D eigenvalue weighted by Gasteiger charge is -2.09. The highest BCUT2D eigenvalue weighted by Gasteiger charge is 2.06. The molecule has 0 aliphatic rings. The van der Waals surface area contributed by atoms with Crippen molar-refractivity contribution in [1.29, 1.82) is 0 Å². The molecule has 0 radical (unpaired) electrons. The maximum atomic E-state index is 11.4. The van der Waals surface area contributed by atoms with Crippen molar-refractivity contribution >= 4 is 27.1 Å². The molecule has 6 heteroatoms. The van der Waals surface area contributed by atoms with Gasteiger partial charge in [0.25, 0.3) is 0 Å².